The molecule has 27 heavy (non-hydrogen) atoms. The number of hydrogen-bond donors (Lipinski definition) is 2. The summed E-state index contributed by atoms with van der Waals surface area (Å²) in [6.45, 7) is 3.23. The molecule has 2 amide bonds. The average Bonchev–Trinajstić information content (AvgIpc) is 2.61. The van der Waals surface area contributed by atoms with E-state index in [0.29, 0.717) is 40.7 Å². The summed E-state index contributed by atoms with van der Waals surface area (Å²) in [6.07, 6.45) is 0.784. The summed E-state index contributed by atoms with van der Waals surface area (Å²) in [5.41, 5.74) is 1.57. The number of Topliss-reactive ketones (excluding diaryl/α,β-unsaturated/α-hetero) is 1. The van der Waals surface area contributed by atoms with Gasteiger partial charge in [0.05, 0.1) is 17.3 Å². The standard InChI is InChI=1S/C20H21ClN2O4/c1-13(24)15-5-3-6-17(11-15)27-10-4-7-20(26)23-16-8-9-18(21)19(12-16)22-14(2)25/h3,5-6,8-9,11-12H,4,7,10H2,1-2H3,(H,22,25)(H,23,26). The van der Waals surface area contributed by atoms with E-state index < -0.39 is 0 Å². The fourth-order valence-corrected chi connectivity index (χ4v) is 2.50. The van der Waals surface area contributed by atoms with Gasteiger partial charge in [-0.1, -0.05) is 23.7 Å². The lowest BCUT2D eigenvalue weighted by Crippen LogP contribution is -2.13. The van der Waals surface area contributed by atoms with E-state index in [1.807, 2.05) is 0 Å². The minimum atomic E-state index is -0.244. The highest BCUT2D eigenvalue weighted by Gasteiger charge is 2.07. The first-order chi connectivity index (χ1) is 12.8. The van der Waals surface area contributed by atoms with Gasteiger partial charge in [0.1, 0.15) is 5.75 Å². The third kappa shape index (κ3) is 6.75. The van der Waals surface area contributed by atoms with Crippen LogP contribution in [-0.2, 0) is 9.59 Å². The molecule has 2 N–H and O–H groups in total. The highest BCUT2D eigenvalue weighted by molar-refractivity contribution is 6.33. The summed E-state index contributed by atoms with van der Waals surface area (Å²) in [6, 6.07) is 11.8. The molecule has 0 saturated carbocycles. The number of rotatable bonds is 8. The number of ether oxygens (including phenoxy) is 1. The number of carbonyl (C=O) groups excluding carboxylic acids is 3. The van der Waals surface area contributed by atoms with Crippen LogP contribution in [0.2, 0.25) is 5.02 Å². The van der Waals surface area contributed by atoms with E-state index in [4.69, 9.17) is 16.3 Å². The highest BCUT2D eigenvalue weighted by Crippen LogP contribution is 2.25. The molecule has 0 aliphatic heterocycles. The zero-order chi connectivity index (χ0) is 19.8. The fourth-order valence-electron chi connectivity index (χ4n) is 2.34. The van der Waals surface area contributed by atoms with Gasteiger partial charge in [-0.25, -0.2) is 0 Å². The maximum atomic E-state index is 12.1. The van der Waals surface area contributed by atoms with Gasteiger partial charge in [0.15, 0.2) is 5.78 Å². The maximum absolute atomic E-state index is 12.1. The van der Waals surface area contributed by atoms with Crippen LogP contribution in [0.5, 0.6) is 5.75 Å². The number of carbonyl (C=O) groups is 3. The maximum Gasteiger partial charge on any atom is 0.224 e. The normalized spacial score (nSPS) is 10.2. The van der Waals surface area contributed by atoms with Crippen molar-refractivity contribution in [3.63, 3.8) is 0 Å². The first kappa shape index (κ1) is 20.5. The molecule has 0 saturated heterocycles. The summed E-state index contributed by atoms with van der Waals surface area (Å²) >= 11 is 6.00. The molecule has 0 aliphatic carbocycles. The number of anilines is 2. The van der Waals surface area contributed by atoms with E-state index in [1.165, 1.54) is 13.8 Å². The number of benzene rings is 2. The zero-order valence-corrected chi connectivity index (χ0v) is 15.9. The predicted molar refractivity (Wildman–Crippen MR) is 106 cm³/mol. The van der Waals surface area contributed by atoms with Crippen molar-refractivity contribution in [3.05, 3.63) is 53.1 Å². The Kier molecular flexibility index (Phi) is 7.37. The Labute approximate surface area is 162 Å². The van der Waals surface area contributed by atoms with Crippen molar-refractivity contribution < 1.29 is 19.1 Å². The largest absolute Gasteiger partial charge is 0.494 e. The van der Waals surface area contributed by atoms with E-state index in [9.17, 15) is 14.4 Å². The Morgan fingerprint density at radius 2 is 1.81 bits per heavy atom. The van der Waals surface area contributed by atoms with Crippen molar-refractivity contribution >= 4 is 40.6 Å². The van der Waals surface area contributed by atoms with Gasteiger partial charge in [-0.05, 0) is 43.7 Å². The van der Waals surface area contributed by atoms with Crippen molar-refractivity contribution in [2.24, 2.45) is 0 Å². The SMILES string of the molecule is CC(=O)Nc1cc(NC(=O)CCCOc2cccc(C(C)=O)c2)ccc1Cl. The zero-order valence-electron chi connectivity index (χ0n) is 15.2. The summed E-state index contributed by atoms with van der Waals surface area (Å²) < 4.78 is 5.58. The van der Waals surface area contributed by atoms with Gasteiger partial charge in [-0.15, -0.1) is 0 Å². The van der Waals surface area contributed by atoms with Gasteiger partial charge in [-0.3, -0.25) is 14.4 Å². The summed E-state index contributed by atoms with van der Waals surface area (Å²) in [7, 11) is 0. The van der Waals surface area contributed by atoms with E-state index in [1.54, 1.807) is 42.5 Å². The minimum Gasteiger partial charge on any atom is -0.494 e. The van der Waals surface area contributed by atoms with Crippen molar-refractivity contribution in [1.82, 2.24) is 0 Å². The molecule has 0 fully saturated rings. The Bertz CT molecular complexity index is 852. The van der Waals surface area contributed by atoms with E-state index in [2.05, 4.69) is 10.6 Å². The fraction of sp³-hybridized carbons (Fsp3) is 0.250. The lowest BCUT2D eigenvalue weighted by atomic mass is 10.1. The number of amides is 2. The van der Waals surface area contributed by atoms with Crippen molar-refractivity contribution in [2.75, 3.05) is 17.2 Å². The van der Waals surface area contributed by atoms with E-state index in [0.717, 1.165) is 0 Å². The molecule has 0 radical (unpaired) electrons. The van der Waals surface area contributed by atoms with Crippen molar-refractivity contribution in [3.8, 4) is 5.75 Å². The van der Waals surface area contributed by atoms with Gasteiger partial charge in [0.2, 0.25) is 11.8 Å². The smallest absolute Gasteiger partial charge is 0.224 e. The summed E-state index contributed by atoms with van der Waals surface area (Å²) in [5.74, 6) is 0.153. The number of ketones is 1. The summed E-state index contributed by atoms with van der Waals surface area (Å²) in [4.78, 5) is 34.6. The van der Waals surface area contributed by atoms with Crippen LogP contribution in [0.15, 0.2) is 42.5 Å². The number of halogens is 1. The molecule has 0 heterocycles. The molecule has 2 rings (SSSR count). The molecule has 0 bridgehead atoms. The third-order valence-electron chi connectivity index (χ3n) is 3.62. The molecule has 2 aromatic rings. The molecule has 0 spiro atoms. The van der Waals surface area contributed by atoms with Crippen molar-refractivity contribution in [1.29, 1.82) is 0 Å². The molecule has 7 heteroatoms. The highest BCUT2D eigenvalue weighted by atomic mass is 35.5. The Balaban J connectivity index is 1.80. The van der Waals surface area contributed by atoms with Gasteiger partial charge in [0, 0.05) is 24.6 Å². The lowest BCUT2D eigenvalue weighted by molar-refractivity contribution is -0.116. The molecule has 0 aliphatic rings. The Morgan fingerprint density at radius 3 is 2.52 bits per heavy atom. The van der Waals surface area contributed by atoms with Crippen molar-refractivity contribution in [2.45, 2.75) is 26.7 Å². The Hall–Kier alpha value is -2.86. The van der Waals surface area contributed by atoms with Crippen LogP contribution >= 0.6 is 11.6 Å². The first-order valence-corrected chi connectivity index (χ1v) is 8.84. The third-order valence-corrected chi connectivity index (χ3v) is 3.95. The predicted octanol–water partition coefficient (Wildman–Crippen LogP) is 4.30. The molecular formula is C20H21ClN2O4. The molecule has 0 aromatic heterocycles. The van der Waals surface area contributed by atoms with Gasteiger partial charge in [0.25, 0.3) is 0 Å². The first-order valence-electron chi connectivity index (χ1n) is 8.46. The van der Waals surface area contributed by atoms with Crippen LogP contribution in [0.1, 0.15) is 37.0 Å². The number of nitrogens with one attached hydrogen (secondary N) is 2. The van der Waals surface area contributed by atoms with Gasteiger partial charge >= 0.3 is 0 Å². The minimum absolute atomic E-state index is 0.0265. The Morgan fingerprint density at radius 1 is 1.04 bits per heavy atom. The van der Waals surface area contributed by atoms with Crippen LogP contribution in [0.25, 0.3) is 0 Å². The van der Waals surface area contributed by atoms with E-state index in [-0.39, 0.29) is 24.0 Å². The van der Waals surface area contributed by atoms with Gasteiger partial charge in [-0.2, -0.15) is 0 Å². The van der Waals surface area contributed by atoms with Gasteiger partial charge < -0.3 is 15.4 Å². The average molecular weight is 389 g/mol. The van der Waals surface area contributed by atoms with E-state index >= 15 is 0 Å². The molecule has 0 atom stereocenters. The lowest BCUT2D eigenvalue weighted by Gasteiger charge is -2.10. The topological polar surface area (TPSA) is 84.5 Å². The van der Waals surface area contributed by atoms with Crippen LogP contribution in [0.4, 0.5) is 11.4 Å². The quantitative estimate of drug-likeness (QED) is 0.521. The molecule has 2 aromatic carbocycles. The monoisotopic (exact) mass is 388 g/mol. The summed E-state index contributed by atoms with van der Waals surface area (Å²) in [5, 5.41) is 5.75. The van der Waals surface area contributed by atoms with Crippen LogP contribution < -0.4 is 15.4 Å². The molecule has 6 nitrogen and oxygen atoms in total. The number of hydrogen-bond acceptors (Lipinski definition) is 4. The van der Waals surface area contributed by atoms with Crippen LogP contribution in [0.3, 0.4) is 0 Å². The molecular weight excluding hydrogens is 368 g/mol. The molecule has 0 unspecified atom stereocenters. The van der Waals surface area contributed by atoms with Crippen LogP contribution in [0, 0.1) is 0 Å². The second kappa shape index (κ2) is 9.73. The second-order valence-electron chi connectivity index (χ2n) is 5.96. The molecule has 142 valence electrons. The van der Waals surface area contributed by atoms with Crippen LogP contribution in [-0.4, -0.2) is 24.2 Å². The second-order valence-corrected chi connectivity index (χ2v) is 6.37.